The molecule has 1 atom stereocenters. The zero-order valence-corrected chi connectivity index (χ0v) is 20.3. The second-order valence-electron chi connectivity index (χ2n) is 9.15. The maximum atomic E-state index is 13.4. The Balaban J connectivity index is 1.42. The van der Waals surface area contributed by atoms with Crippen molar-refractivity contribution in [2.45, 2.75) is 32.2 Å². The molecule has 1 unspecified atom stereocenters. The Morgan fingerprint density at radius 1 is 1.03 bits per heavy atom. The van der Waals surface area contributed by atoms with Gasteiger partial charge in [0, 0.05) is 48.3 Å². The van der Waals surface area contributed by atoms with Crippen LogP contribution in [0.5, 0.6) is 0 Å². The average Bonchev–Trinajstić information content (AvgIpc) is 3.54. The zero-order valence-electron chi connectivity index (χ0n) is 20.3. The van der Waals surface area contributed by atoms with E-state index >= 15 is 0 Å². The normalized spacial score (nSPS) is 14.6. The van der Waals surface area contributed by atoms with Crippen molar-refractivity contribution >= 4 is 17.5 Å². The Kier molecular flexibility index (Phi) is 6.58. The predicted molar refractivity (Wildman–Crippen MR) is 137 cm³/mol. The first kappa shape index (κ1) is 23.4. The minimum Gasteiger partial charge on any atom is -0.352 e. The van der Waals surface area contributed by atoms with Crippen molar-refractivity contribution in [1.82, 2.24) is 25.1 Å². The Morgan fingerprint density at radius 2 is 1.81 bits per heavy atom. The summed E-state index contributed by atoms with van der Waals surface area (Å²) < 4.78 is 1.81. The van der Waals surface area contributed by atoms with Gasteiger partial charge in [-0.15, -0.1) is 0 Å². The summed E-state index contributed by atoms with van der Waals surface area (Å²) in [6, 6.07) is 18.8. The molecule has 8 nitrogen and oxygen atoms in total. The fourth-order valence-electron chi connectivity index (χ4n) is 4.42. The molecule has 2 amide bonds. The standard InChI is InChI=1S/C28H28N6O2/c1-19(2)34-18-31-26(32-34)24-17-33(28(36)21-6-4-3-5-7-21)25-9-8-22(16-23(24)25)27(35)30-15-12-20-10-13-29-14-11-20/h3-11,13-14,16,18-19,24H,12,15,17H2,1-2H3,(H,30,35). The number of pyridine rings is 1. The fourth-order valence-corrected chi connectivity index (χ4v) is 4.42. The summed E-state index contributed by atoms with van der Waals surface area (Å²) in [7, 11) is 0. The summed E-state index contributed by atoms with van der Waals surface area (Å²) in [5.74, 6) is 0.178. The highest BCUT2D eigenvalue weighted by atomic mass is 16.2. The number of anilines is 1. The van der Waals surface area contributed by atoms with Gasteiger partial charge in [-0.05, 0) is 73.9 Å². The van der Waals surface area contributed by atoms with Gasteiger partial charge in [-0.2, -0.15) is 5.10 Å². The van der Waals surface area contributed by atoms with E-state index in [0.29, 0.717) is 30.0 Å². The molecule has 1 N–H and O–H groups in total. The van der Waals surface area contributed by atoms with Crippen molar-refractivity contribution < 1.29 is 9.59 Å². The summed E-state index contributed by atoms with van der Waals surface area (Å²) in [4.78, 5) is 36.7. The van der Waals surface area contributed by atoms with E-state index in [1.807, 2.05) is 73.1 Å². The monoisotopic (exact) mass is 480 g/mol. The molecular formula is C28H28N6O2. The minimum absolute atomic E-state index is 0.0859. The van der Waals surface area contributed by atoms with Crippen LogP contribution in [0.2, 0.25) is 0 Å². The second-order valence-corrected chi connectivity index (χ2v) is 9.15. The van der Waals surface area contributed by atoms with E-state index in [1.165, 1.54) is 0 Å². The lowest BCUT2D eigenvalue weighted by Crippen LogP contribution is -2.30. The number of carbonyl (C=O) groups excluding carboxylic acids is 2. The van der Waals surface area contributed by atoms with Gasteiger partial charge in [0.2, 0.25) is 0 Å². The van der Waals surface area contributed by atoms with E-state index < -0.39 is 0 Å². The molecule has 0 radical (unpaired) electrons. The highest BCUT2D eigenvalue weighted by molar-refractivity contribution is 6.08. The number of fused-ring (bicyclic) bond motifs is 1. The molecule has 2 aromatic heterocycles. The highest BCUT2D eigenvalue weighted by Crippen LogP contribution is 2.40. The van der Waals surface area contributed by atoms with E-state index in [2.05, 4.69) is 20.4 Å². The van der Waals surface area contributed by atoms with Gasteiger partial charge in [-0.3, -0.25) is 19.3 Å². The first-order valence-electron chi connectivity index (χ1n) is 12.1. The maximum Gasteiger partial charge on any atom is 0.258 e. The summed E-state index contributed by atoms with van der Waals surface area (Å²) >= 11 is 0. The Morgan fingerprint density at radius 3 is 2.53 bits per heavy atom. The van der Waals surface area contributed by atoms with Crippen LogP contribution in [0.3, 0.4) is 0 Å². The topological polar surface area (TPSA) is 93.0 Å². The minimum atomic E-state index is -0.225. The third-order valence-electron chi connectivity index (χ3n) is 6.40. The quantitative estimate of drug-likeness (QED) is 0.431. The van der Waals surface area contributed by atoms with Crippen LogP contribution in [0.1, 0.15) is 63.5 Å². The van der Waals surface area contributed by atoms with Crippen molar-refractivity contribution in [3.05, 3.63) is 107 Å². The molecule has 3 heterocycles. The van der Waals surface area contributed by atoms with Gasteiger partial charge in [0.1, 0.15) is 6.33 Å². The Hall–Kier alpha value is -4.33. The fraction of sp³-hybridized carbons (Fsp3) is 0.250. The van der Waals surface area contributed by atoms with E-state index in [9.17, 15) is 9.59 Å². The molecule has 0 bridgehead atoms. The molecular weight excluding hydrogens is 452 g/mol. The number of nitrogens with one attached hydrogen (secondary N) is 1. The van der Waals surface area contributed by atoms with Crippen LogP contribution in [0, 0.1) is 0 Å². The van der Waals surface area contributed by atoms with Crippen LogP contribution >= 0.6 is 0 Å². The van der Waals surface area contributed by atoms with Crippen molar-refractivity contribution in [2.75, 3.05) is 18.0 Å². The number of aromatic nitrogens is 4. The molecule has 0 saturated carbocycles. The lowest BCUT2D eigenvalue weighted by atomic mass is 9.98. The van der Waals surface area contributed by atoms with Crippen molar-refractivity contribution in [2.24, 2.45) is 0 Å². The summed E-state index contributed by atoms with van der Waals surface area (Å²) in [5.41, 5.74) is 3.93. The lowest BCUT2D eigenvalue weighted by Gasteiger charge is -2.18. The van der Waals surface area contributed by atoms with Gasteiger partial charge in [-0.25, -0.2) is 4.98 Å². The smallest absolute Gasteiger partial charge is 0.258 e. The van der Waals surface area contributed by atoms with Gasteiger partial charge >= 0.3 is 0 Å². The van der Waals surface area contributed by atoms with Crippen molar-refractivity contribution in [3.8, 4) is 0 Å². The van der Waals surface area contributed by atoms with Crippen molar-refractivity contribution in [1.29, 1.82) is 0 Å². The number of carbonyl (C=O) groups is 2. The largest absolute Gasteiger partial charge is 0.352 e. The van der Waals surface area contributed by atoms with Gasteiger partial charge in [0.15, 0.2) is 5.82 Å². The third-order valence-corrected chi connectivity index (χ3v) is 6.40. The molecule has 8 heteroatoms. The summed E-state index contributed by atoms with van der Waals surface area (Å²) in [5, 5.41) is 7.67. The predicted octanol–water partition coefficient (Wildman–Crippen LogP) is 4.02. The van der Waals surface area contributed by atoms with Crippen molar-refractivity contribution in [3.63, 3.8) is 0 Å². The SMILES string of the molecule is CC(C)n1cnc(C2CN(C(=O)c3ccccc3)c3ccc(C(=O)NCCc4ccncc4)cc32)n1. The molecule has 2 aromatic carbocycles. The van der Waals surface area contributed by atoms with Gasteiger partial charge in [0.25, 0.3) is 11.8 Å². The molecule has 4 aromatic rings. The molecule has 182 valence electrons. The number of nitrogens with zero attached hydrogens (tertiary/aromatic N) is 5. The van der Waals surface area contributed by atoms with E-state index in [-0.39, 0.29) is 23.8 Å². The number of amides is 2. The highest BCUT2D eigenvalue weighted by Gasteiger charge is 2.36. The van der Waals surface area contributed by atoms with Crippen LogP contribution in [0.15, 0.2) is 79.4 Å². The average molecular weight is 481 g/mol. The molecule has 1 aliphatic rings. The van der Waals surface area contributed by atoms with E-state index in [0.717, 1.165) is 23.2 Å². The maximum absolute atomic E-state index is 13.4. The van der Waals surface area contributed by atoms with E-state index in [4.69, 9.17) is 0 Å². The third kappa shape index (κ3) is 4.75. The lowest BCUT2D eigenvalue weighted by molar-refractivity contribution is 0.0952. The molecule has 0 spiro atoms. The second kappa shape index (κ2) is 10.1. The van der Waals surface area contributed by atoms with Gasteiger partial charge in [-0.1, -0.05) is 18.2 Å². The summed E-state index contributed by atoms with van der Waals surface area (Å²) in [6.07, 6.45) is 5.93. The first-order valence-corrected chi connectivity index (χ1v) is 12.1. The molecule has 36 heavy (non-hydrogen) atoms. The number of hydrogen-bond donors (Lipinski definition) is 1. The number of rotatable bonds is 7. The molecule has 0 saturated heterocycles. The van der Waals surface area contributed by atoms with Crippen LogP contribution in [-0.4, -0.2) is 44.7 Å². The Labute approximate surface area is 210 Å². The van der Waals surface area contributed by atoms with Crippen LogP contribution in [0.25, 0.3) is 0 Å². The zero-order chi connectivity index (χ0) is 25.1. The number of hydrogen-bond acceptors (Lipinski definition) is 5. The van der Waals surface area contributed by atoms with E-state index in [1.54, 1.807) is 29.7 Å². The number of benzene rings is 2. The van der Waals surface area contributed by atoms with Crippen LogP contribution < -0.4 is 10.2 Å². The molecule has 0 aliphatic carbocycles. The van der Waals surface area contributed by atoms with Crippen LogP contribution in [0.4, 0.5) is 5.69 Å². The summed E-state index contributed by atoms with van der Waals surface area (Å²) in [6.45, 7) is 5.02. The van der Waals surface area contributed by atoms with Crippen LogP contribution in [-0.2, 0) is 6.42 Å². The first-order chi connectivity index (χ1) is 17.5. The van der Waals surface area contributed by atoms with Gasteiger partial charge in [0.05, 0.1) is 5.92 Å². The van der Waals surface area contributed by atoms with Gasteiger partial charge < -0.3 is 10.2 Å². The molecule has 0 fully saturated rings. The molecule has 5 rings (SSSR count). The Bertz CT molecular complexity index is 1370. The molecule has 1 aliphatic heterocycles.